The Morgan fingerprint density at radius 2 is 2.00 bits per heavy atom. The van der Waals surface area contributed by atoms with E-state index in [4.69, 9.17) is 0 Å². The van der Waals surface area contributed by atoms with E-state index in [0.29, 0.717) is 10.8 Å². The Kier molecular flexibility index (Phi) is 0.722. The van der Waals surface area contributed by atoms with Gasteiger partial charge in [0.25, 0.3) is 0 Å². The summed E-state index contributed by atoms with van der Waals surface area (Å²) in [6, 6.07) is 0. The molecule has 2 fully saturated rings. The van der Waals surface area contributed by atoms with E-state index in [2.05, 4.69) is 41.4 Å². The fourth-order valence-electron chi connectivity index (χ4n) is 3.10. The van der Waals surface area contributed by atoms with Crippen molar-refractivity contribution in [2.45, 2.75) is 32.6 Å². The maximum Gasteiger partial charge on any atom is 0.155 e. The van der Waals surface area contributed by atoms with E-state index >= 15 is 0 Å². The molecule has 4 nitrogen and oxygen atoms in total. The predicted molar refractivity (Wildman–Crippen MR) is 42.4 cm³/mol. The Hall–Kier alpha value is -0.930. The van der Waals surface area contributed by atoms with Gasteiger partial charge in [0, 0.05) is 5.41 Å². The predicted octanol–water partition coefficient (Wildman–Crippen LogP) is 0.887. The number of H-pyrrole nitrogens is 1. The zero-order chi connectivity index (χ0) is 8.61. The Balaban J connectivity index is 2.09. The second-order valence-electron chi connectivity index (χ2n) is 4.79. The van der Waals surface area contributed by atoms with E-state index < -0.39 is 0 Å². The van der Waals surface area contributed by atoms with E-state index in [0.717, 1.165) is 5.82 Å². The lowest BCUT2D eigenvalue weighted by molar-refractivity contribution is 0.360. The van der Waals surface area contributed by atoms with Crippen LogP contribution in [0, 0.1) is 10.8 Å². The summed E-state index contributed by atoms with van der Waals surface area (Å²) in [7, 11) is 0. The van der Waals surface area contributed by atoms with Crippen molar-refractivity contribution in [3.05, 3.63) is 5.82 Å². The van der Waals surface area contributed by atoms with Crippen LogP contribution in [-0.4, -0.2) is 20.6 Å². The highest BCUT2D eigenvalue weighted by molar-refractivity contribution is 5.51. The molecular formula is C8H12N4. The van der Waals surface area contributed by atoms with Crippen molar-refractivity contribution >= 4 is 0 Å². The third-order valence-electron chi connectivity index (χ3n) is 4.57. The first kappa shape index (κ1) is 6.57. The van der Waals surface area contributed by atoms with E-state index in [1.165, 1.54) is 6.42 Å². The standard InChI is InChI=1S/C8H12N4/c1-6(2)7(3)4-8(6,7)5-9-11-12-10-5/h4H2,1-3H3,(H,9,10,11,12). The van der Waals surface area contributed by atoms with Crippen molar-refractivity contribution in [1.82, 2.24) is 20.6 Å². The zero-order valence-corrected chi connectivity index (χ0v) is 7.55. The van der Waals surface area contributed by atoms with Gasteiger partial charge in [0.15, 0.2) is 5.82 Å². The molecule has 2 saturated carbocycles. The number of rotatable bonds is 1. The number of tetrazole rings is 1. The molecule has 64 valence electrons. The van der Waals surface area contributed by atoms with Crippen molar-refractivity contribution in [3.63, 3.8) is 0 Å². The molecule has 12 heavy (non-hydrogen) atoms. The van der Waals surface area contributed by atoms with Crippen molar-refractivity contribution < 1.29 is 0 Å². The van der Waals surface area contributed by atoms with Crippen LogP contribution in [0.25, 0.3) is 0 Å². The number of aromatic nitrogens is 4. The van der Waals surface area contributed by atoms with E-state index in [-0.39, 0.29) is 5.41 Å². The van der Waals surface area contributed by atoms with Crippen LogP contribution in [0.4, 0.5) is 0 Å². The summed E-state index contributed by atoms with van der Waals surface area (Å²) in [6.07, 6.45) is 1.24. The van der Waals surface area contributed by atoms with Crippen molar-refractivity contribution in [1.29, 1.82) is 0 Å². The molecular weight excluding hydrogens is 152 g/mol. The topological polar surface area (TPSA) is 54.5 Å². The van der Waals surface area contributed by atoms with Crippen molar-refractivity contribution in [2.24, 2.45) is 10.8 Å². The van der Waals surface area contributed by atoms with Gasteiger partial charge in [-0.1, -0.05) is 20.8 Å². The van der Waals surface area contributed by atoms with Gasteiger partial charge in [-0.25, -0.2) is 5.10 Å². The van der Waals surface area contributed by atoms with Gasteiger partial charge in [-0.2, -0.15) is 0 Å². The Bertz CT molecular complexity index is 330. The summed E-state index contributed by atoms with van der Waals surface area (Å²) in [5, 5.41) is 14.2. The molecule has 0 spiro atoms. The van der Waals surface area contributed by atoms with Crippen LogP contribution in [0.15, 0.2) is 0 Å². The smallest absolute Gasteiger partial charge is 0.155 e. The number of hydrogen-bond acceptors (Lipinski definition) is 3. The van der Waals surface area contributed by atoms with E-state index in [1.807, 2.05) is 0 Å². The Labute approximate surface area is 70.7 Å². The molecule has 1 N–H and O–H groups in total. The number of aromatic amines is 1. The van der Waals surface area contributed by atoms with Crippen LogP contribution in [0.2, 0.25) is 0 Å². The van der Waals surface area contributed by atoms with Crippen LogP contribution in [0.5, 0.6) is 0 Å². The molecule has 0 saturated heterocycles. The lowest BCUT2D eigenvalue weighted by atomic mass is 9.88. The van der Waals surface area contributed by atoms with Crippen LogP contribution >= 0.6 is 0 Å². The van der Waals surface area contributed by atoms with Gasteiger partial charge < -0.3 is 0 Å². The zero-order valence-electron chi connectivity index (χ0n) is 7.55. The highest BCUT2D eigenvalue weighted by Gasteiger charge is 2.95. The molecule has 0 aromatic carbocycles. The number of nitrogens with one attached hydrogen (secondary N) is 1. The molecule has 0 bridgehead atoms. The molecule has 0 amide bonds. The van der Waals surface area contributed by atoms with Crippen LogP contribution in [0.3, 0.4) is 0 Å². The fraction of sp³-hybridized carbons (Fsp3) is 0.875. The minimum Gasteiger partial charge on any atom is -0.242 e. The Morgan fingerprint density at radius 1 is 1.33 bits per heavy atom. The Morgan fingerprint density at radius 3 is 2.33 bits per heavy atom. The first-order valence-electron chi connectivity index (χ1n) is 4.30. The molecule has 2 atom stereocenters. The molecule has 2 aliphatic rings. The first-order valence-corrected chi connectivity index (χ1v) is 4.30. The first-order chi connectivity index (χ1) is 5.56. The SMILES string of the molecule is CC1(C)C2(C)CC12c1nnn[nH]1. The summed E-state index contributed by atoms with van der Waals surface area (Å²) >= 11 is 0. The summed E-state index contributed by atoms with van der Waals surface area (Å²) in [6.45, 7) is 6.90. The molecule has 2 aliphatic carbocycles. The molecule has 0 radical (unpaired) electrons. The lowest BCUT2D eigenvalue weighted by Gasteiger charge is -2.16. The van der Waals surface area contributed by atoms with Crippen LogP contribution in [-0.2, 0) is 5.41 Å². The molecule has 0 aliphatic heterocycles. The van der Waals surface area contributed by atoms with Gasteiger partial charge in [-0.3, -0.25) is 0 Å². The quantitative estimate of drug-likeness (QED) is 0.670. The number of hydrogen-bond donors (Lipinski definition) is 1. The van der Waals surface area contributed by atoms with Crippen molar-refractivity contribution in [3.8, 4) is 0 Å². The van der Waals surface area contributed by atoms with Gasteiger partial charge in [0.05, 0.1) is 0 Å². The summed E-state index contributed by atoms with van der Waals surface area (Å²) in [4.78, 5) is 0. The second-order valence-corrected chi connectivity index (χ2v) is 4.79. The van der Waals surface area contributed by atoms with Gasteiger partial charge in [-0.05, 0) is 27.7 Å². The van der Waals surface area contributed by atoms with Crippen LogP contribution in [0.1, 0.15) is 33.0 Å². The molecule has 4 heteroatoms. The molecule has 1 aromatic heterocycles. The molecule has 1 aromatic rings. The molecule has 3 rings (SSSR count). The maximum absolute atomic E-state index is 4.02. The largest absolute Gasteiger partial charge is 0.242 e. The third-order valence-corrected chi connectivity index (χ3v) is 4.57. The number of nitrogens with zero attached hydrogens (tertiary/aromatic N) is 3. The second kappa shape index (κ2) is 1.32. The van der Waals surface area contributed by atoms with Gasteiger partial charge in [-0.15, -0.1) is 5.10 Å². The summed E-state index contributed by atoms with van der Waals surface area (Å²) in [5.41, 5.74) is 1.13. The van der Waals surface area contributed by atoms with E-state index in [9.17, 15) is 0 Å². The summed E-state index contributed by atoms with van der Waals surface area (Å²) in [5.74, 6) is 0.981. The van der Waals surface area contributed by atoms with E-state index in [1.54, 1.807) is 0 Å². The normalized spacial score (nSPS) is 46.9. The average Bonchev–Trinajstić information content (AvgIpc) is 2.59. The minimum absolute atomic E-state index is 0.281. The molecule has 1 heterocycles. The fourth-order valence-corrected chi connectivity index (χ4v) is 3.10. The molecule has 2 unspecified atom stereocenters. The minimum atomic E-state index is 0.281. The van der Waals surface area contributed by atoms with Gasteiger partial charge in [0.2, 0.25) is 0 Å². The monoisotopic (exact) mass is 164 g/mol. The lowest BCUT2D eigenvalue weighted by Crippen LogP contribution is -2.14. The highest BCUT2D eigenvalue weighted by Crippen LogP contribution is 2.95. The third kappa shape index (κ3) is 0.350. The van der Waals surface area contributed by atoms with Gasteiger partial charge in [0.1, 0.15) is 0 Å². The van der Waals surface area contributed by atoms with Crippen molar-refractivity contribution in [2.75, 3.05) is 0 Å². The van der Waals surface area contributed by atoms with Crippen LogP contribution < -0.4 is 0 Å². The maximum atomic E-state index is 4.02. The number of fused-ring (bicyclic) bond motifs is 1. The summed E-state index contributed by atoms with van der Waals surface area (Å²) < 4.78 is 0. The van der Waals surface area contributed by atoms with Gasteiger partial charge >= 0.3 is 0 Å². The highest BCUT2D eigenvalue weighted by atomic mass is 15.5. The average molecular weight is 164 g/mol.